The van der Waals surface area contributed by atoms with Crippen LogP contribution in [0, 0.1) is 0 Å². The highest BCUT2D eigenvalue weighted by Gasteiger charge is 2.22. The Morgan fingerprint density at radius 2 is 1.14 bits per heavy atom. The van der Waals surface area contributed by atoms with Gasteiger partial charge in [-0.05, 0) is 18.2 Å². The highest BCUT2D eigenvalue weighted by Crippen LogP contribution is 2.08. The molecule has 1 aliphatic rings. The predicted octanol–water partition coefficient (Wildman–Crippen LogP) is 0.631. The van der Waals surface area contributed by atoms with E-state index in [4.69, 9.17) is 28.4 Å². The number of hydrogen-bond acceptors (Lipinski definition) is 9. The first-order valence-corrected chi connectivity index (χ1v) is 9.05. The Morgan fingerprint density at radius 3 is 1.57 bits per heavy atom. The molecule has 1 aliphatic heterocycles. The average Bonchev–Trinajstić information content (AvgIpc) is 2.71. The second-order valence-electron chi connectivity index (χ2n) is 5.53. The van der Waals surface area contributed by atoms with Crippen LogP contribution < -0.4 is 0 Å². The van der Waals surface area contributed by atoms with Gasteiger partial charge in [0.05, 0.1) is 58.5 Å². The smallest absolute Gasteiger partial charge is 0.345 e. The van der Waals surface area contributed by atoms with Gasteiger partial charge >= 0.3 is 11.9 Å². The lowest BCUT2D eigenvalue weighted by Gasteiger charge is -2.09. The monoisotopic (exact) mass is 395 g/mol. The van der Waals surface area contributed by atoms with Crippen LogP contribution in [0.2, 0.25) is 0 Å². The highest BCUT2D eigenvalue weighted by atomic mass is 16.6. The van der Waals surface area contributed by atoms with Gasteiger partial charge in [0.2, 0.25) is 0 Å². The van der Waals surface area contributed by atoms with Crippen LogP contribution >= 0.6 is 0 Å². The summed E-state index contributed by atoms with van der Waals surface area (Å²) in [7, 11) is 0. The number of pyridine rings is 1. The lowest BCUT2D eigenvalue weighted by atomic mass is 10.2. The summed E-state index contributed by atoms with van der Waals surface area (Å²) < 4.78 is 31.5. The van der Waals surface area contributed by atoms with Gasteiger partial charge < -0.3 is 28.4 Å². The van der Waals surface area contributed by atoms with Crippen LogP contribution in [0.4, 0.5) is 0 Å². The van der Waals surface area contributed by atoms with Gasteiger partial charge in [0, 0.05) is 6.20 Å². The first-order chi connectivity index (χ1) is 13.8. The second-order valence-corrected chi connectivity index (χ2v) is 5.53. The van der Waals surface area contributed by atoms with Crippen LogP contribution in [-0.2, 0) is 38.0 Å². The first kappa shape index (κ1) is 22.0. The van der Waals surface area contributed by atoms with E-state index in [1.54, 1.807) is 24.4 Å². The summed E-state index contributed by atoms with van der Waals surface area (Å²) in [6, 6.07) is 5.13. The molecule has 1 saturated heterocycles. The first-order valence-electron chi connectivity index (χ1n) is 9.05. The number of esters is 2. The second kappa shape index (κ2) is 13.8. The summed E-state index contributed by atoms with van der Waals surface area (Å²) in [4.78, 5) is 28.7. The number of hydrogen-bond donors (Lipinski definition) is 0. The SMILES string of the molecule is O=C1OCCOCCOCCOCCOCCOC(=O)C1=Cc1ccccn1. The van der Waals surface area contributed by atoms with Crippen molar-refractivity contribution in [3.63, 3.8) is 0 Å². The van der Waals surface area contributed by atoms with Gasteiger partial charge in [-0.1, -0.05) is 6.07 Å². The lowest BCUT2D eigenvalue weighted by molar-refractivity contribution is -0.148. The zero-order valence-corrected chi connectivity index (χ0v) is 15.7. The van der Waals surface area contributed by atoms with E-state index < -0.39 is 11.9 Å². The fraction of sp³-hybridized carbons (Fsp3) is 0.526. The summed E-state index contributed by atoms with van der Waals surface area (Å²) in [5.41, 5.74) is 0.190. The molecule has 0 N–H and O–H groups in total. The molecular formula is C19H25NO8. The van der Waals surface area contributed by atoms with Gasteiger partial charge in [0.1, 0.15) is 18.8 Å². The summed E-state index contributed by atoms with van der Waals surface area (Å²) in [6.07, 6.45) is 2.88. The number of aromatic nitrogens is 1. The topological polar surface area (TPSA) is 102 Å². The molecule has 0 atom stereocenters. The third kappa shape index (κ3) is 9.05. The van der Waals surface area contributed by atoms with Crippen molar-refractivity contribution < 1.29 is 38.0 Å². The van der Waals surface area contributed by atoms with Gasteiger partial charge in [0.25, 0.3) is 0 Å². The van der Waals surface area contributed by atoms with Crippen molar-refractivity contribution in [3.05, 3.63) is 35.7 Å². The Balaban J connectivity index is 1.97. The van der Waals surface area contributed by atoms with Crippen LogP contribution in [0.1, 0.15) is 5.69 Å². The Morgan fingerprint density at radius 1 is 0.679 bits per heavy atom. The Bertz CT molecular complexity index is 588. The molecule has 154 valence electrons. The number of carbonyl (C=O) groups excluding carboxylic acids is 2. The largest absolute Gasteiger partial charge is 0.459 e. The quantitative estimate of drug-likeness (QED) is 0.385. The van der Waals surface area contributed by atoms with Crippen molar-refractivity contribution in [2.24, 2.45) is 0 Å². The van der Waals surface area contributed by atoms with E-state index in [9.17, 15) is 9.59 Å². The van der Waals surface area contributed by atoms with Crippen molar-refractivity contribution in [2.45, 2.75) is 0 Å². The van der Waals surface area contributed by atoms with Crippen molar-refractivity contribution in [2.75, 3.05) is 66.1 Å². The van der Waals surface area contributed by atoms with E-state index >= 15 is 0 Å². The highest BCUT2D eigenvalue weighted by molar-refractivity contribution is 6.17. The van der Waals surface area contributed by atoms with Crippen LogP contribution in [0.3, 0.4) is 0 Å². The van der Waals surface area contributed by atoms with Crippen LogP contribution in [0.25, 0.3) is 6.08 Å². The minimum Gasteiger partial charge on any atom is -0.459 e. The molecule has 0 spiro atoms. The average molecular weight is 395 g/mol. The molecule has 1 aromatic rings. The van der Waals surface area contributed by atoms with Gasteiger partial charge in [-0.25, -0.2) is 9.59 Å². The summed E-state index contributed by atoms with van der Waals surface area (Å²) >= 11 is 0. The van der Waals surface area contributed by atoms with E-state index in [2.05, 4.69) is 4.98 Å². The van der Waals surface area contributed by atoms with Crippen molar-refractivity contribution in [1.82, 2.24) is 4.98 Å². The minimum absolute atomic E-state index is 0.00209. The maximum atomic E-state index is 12.3. The zero-order chi connectivity index (χ0) is 19.9. The fourth-order valence-electron chi connectivity index (χ4n) is 2.11. The van der Waals surface area contributed by atoms with Crippen LogP contribution in [-0.4, -0.2) is 83.0 Å². The molecule has 0 aliphatic carbocycles. The molecule has 0 saturated carbocycles. The summed E-state index contributed by atoms with van der Waals surface area (Å²) in [5, 5.41) is 0. The number of rotatable bonds is 1. The zero-order valence-electron chi connectivity index (χ0n) is 15.7. The molecule has 0 bridgehead atoms. The molecule has 28 heavy (non-hydrogen) atoms. The predicted molar refractivity (Wildman–Crippen MR) is 97.4 cm³/mol. The number of nitrogens with zero attached hydrogens (tertiary/aromatic N) is 1. The molecule has 9 nitrogen and oxygen atoms in total. The van der Waals surface area contributed by atoms with Crippen molar-refractivity contribution in [1.29, 1.82) is 0 Å². The maximum Gasteiger partial charge on any atom is 0.345 e. The Kier molecular flexibility index (Phi) is 10.8. The normalized spacial score (nSPS) is 19.5. The number of carbonyl (C=O) groups is 2. The lowest BCUT2D eigenvalue weighted by Crippen LogP contribution is -2.22. The fourth-order valence-corrected chi connectivity index (χ4v) is 2.11. The van der Waals surface area contributed by atoms with Crippen LogP contribution in [0.15, 0.2) is 30.0 Å². The Hall–Kier alpha value is -2.33. The van der Waals surface area contributed by atoms with Crippen molar-refractivity contribution in [3.8, 4) is 0 Å². The Labute approximate surface area is 163 Å². The van der Waals surface area contributed by atoms with Gasteiger partial charge in [-0.3, -0.25) is 4.98 Å². The standard InChI is InChI=1S/C19H25NO8/c21-18-17(15-16-3-1-2-4-20-16)19(22)28-14-12-26-10-8-24-6-5-23-7-9-25-11-13-27-18/h1-4,15H,5-14H2. The molecule has 0 unspecified atom stereocenters. The van der Waals surface area contributed by atoms with E-state index in [0.29, 0.717) is 45.3 Å². The van der Waals surface area contributed by atoms with Crippen LogP contribution in [0.5, 0.6) is 0 Å². The maximum absolute atomic E-state index is 12.3. The molecule has 2 rings (SSSR count). The van der Waals surface area contributed by atoms with E-state index in [1.165, 1.54) is 6.08 Å². The molecule has 9 heteroatoms. The molecule has 1 fully saturated rings. The molecule has 0 radical (unpaired) electrons. The molecule has 2 heterocycles. The van der Waals surface area contributed by atoms with Crippen molar-refractivity contribution >= 4 is 18.0 Å². The van der Waals surface area contributed by atoms with E-state index in [1.807, 2.05) is 0 Å². The third-order valence-electron chi connectivity index (χ3n) is 3.46. The molecule has 1 aromatic heterocycles. The molecule has 0 amide bonds. The molecule has 0 aromatic carbocycles. The summed E-state index contributed by atoms with van der Waals surface area (Å²) in [6.45, 7) is 2.82. The number of cyclic esters (lactones) is 2. The van der Waals surface area contributed by atoms with E-state index in [0.717, 1.165) is 0 Å². The minimum atomic E-state index is -0.803. The number of ether oxygens (including phenoxy) is 6. The van der Waals surface area contributed by atoms with E-state index in [-0.39, 0.29) is 32.0 Å². The molecular weight excluding hydrogens is 370 g/mol. The van der Waals surface area contributed by atoms with Gasteiger partial charge in [0.15, 0.2) is 0 Å². The van der Waals surface area contributed by atoms with Gasteiger partial charge in [-0.2, -0.15) is 0 Å². The van der Waals surface area contributed by atoms with Gasteiger partial charge in [-0.15, -0.1) is 0 Å². The summed E-state index contributed by atoms with van der Waals surface area (Å²) in [5.74, 6) is -1.61. The third-order valence-corrected chi connectivity index (χ3v) is 3.46.